The summed E-state index contributed by atoms with van der Waals surface area (Å²) < 4.78 is 1.08. The highest BCUT2D eigenvalue weighted by Gasteiger charge is 2.22. The smallest absolute Gasteiger partial charge is 0.305 e. The third-order valence-electron chi connectivity index (χ3n) is 2.67. The van der Waals surface area contributed by atoms with Crippen LogP contribution in [0.4, 0.5) is 0 Å². The van der Waals surface area contributed by atoms with Gasteiger partial charge in [-0.15, -0.1) is 0 Å². The van der Waals surface area contributed by atoms with Crippen LogP contribution in [0.15, 0.2) is 22.7 Å². The fraction of sp³-hybridized carbons (Fsp3) is 0.364. The summed E-state index contributed by atoms with van der Waals surface area (Å²) in [6, 6.07) is 5.90. The number of benzene rings is 1. The molecule has 0 aromatic heterocycles. The monoisotopic (exact) mass is 269 g/mol. The Bertz CT molecular complexity index is 392. The second kappa shape index (κ2) is 4.33. The Hall–Kier alpha value is -0.870. The van der Waals surface area contributed by atoms with Crippen LogP contribution in [0.1, 0.15) is 23.6 Å². The second-order valence-corrected chi connectivity index (χ2v) is 4.52. The molecule has 0 spiro atoms. The van der Waals surface area contributed by atoms with Crippen LogP contribution in [0, 0.1) is 0 Å². The van der Waals surface area contributed by atoms with Crippen molar-refractivity contribution in [3.05, 3.63) is 33.8 Å². The predicted molar refractivity (Wildman–Crippen MR) is 60.8 cm³/mol. The summed E-state index contributed by atoms with van der Waals surface area (Å²) in [5.41, 5.74) is 2.35. The van der Waals surface area contributed by atoms with Crippen LogP contribution in [0.2, 0.25) is 0 Å². The molecular weight excluding hydrogens is 258 g/mol. The van der Waals surface area contributed by atoms with E-state index in [0.717, 1.165) is 23.0 Å². The summed E-state index contributed by atoms with van der Waals surface area (Å²) in [6.07, 6.45) is 1.09. The largest absolute Gasteiger partial charge is 0.481 e. The molecule has 1 aromatic carbocycles. The van der Waals surface area contributed by atoms with Crippen LogP contribution >= 0.6 is 15.9 Å². The molecule has 80 valence electrons. The number of fused-ring (bicyclic) bond motifs is 1. The van der Waals surface area contributed by atoms with Gasteiger partial charge in [0, 0.05) is 10.5 Å². The van der Waals surface area contributed by atoms with E-state index in [1.165, 1.54) is 5.56 Å². The average molecular weight is 270 g/mol. The number of rotatable bonds is 2. The van der Waals surface area contributed by atoms with Gasteiger partial charge in [-0.1, -0.05) is 28.1 Å². The summed E-state index contributed by atoms with van der Waals surface area (Å²) in [5, 5.41) is 12.0. The fourth-order valence-corrected chi connectivity index (χ4v) is 2.58. The number of carboxylic acids is 1. The molecule has 4 heteroatoms. The Balaban J connectivity index is 2.34. The Morgan fingerprint density at radius 1 is 1.60 bits per heavy atom. The lowest BCUT2D eigenvalue weighted by molar-refractivity contribution is -0.137. The molecule has 0 fully saturated rings. The van der Waals surface area contributed by atoms with Gasteiger partial charge in [-0.05, 0) is 30.2 Å². The third-order valence-corrected chi connectivity index (χ3v) is 3.42. The molecule has 2 N–H and O–H groups in total. The van der Waals surface area contributed by atoms with Crippen molar-refractivity contribution in [2.45, 2.75) is 18.9 Å². The third kappa shape index (κ3) is 2.21. The first-order chi connectivity index (χ1) is 7.18. The minimum atomic E-state index is -0.764. The lowest BCUT2D eigenvalue weighted by Crippen LogP contribution is -2.31. The van der Waals surface area contributed by atoms with E-state index in [-0.39, 0.29) is 12.5 Å². The van der Waals surface area contributed by atoms with E-state index in [1.54, 1.807) is 0 Å². The normalized spacial score (nSPS) is 19.7. The molecule has 1 unspecified atom stereocenters. The maximum absolute atomic E-state index is 10.7. The number of aliphatic carboxylic acids is 1. The van der Waals surface area contributed by atoms with Crippen molar-refractivity contribution >= 4 is 21.9 Å². The molecule has 0 saturated carbocycles. The molecular formula is C11H12BrNO2. The maximum Gasteiger partial charge on any atom is 0.305 e. The number of carbonyl (C=O) groups is 1. The molecule has 3 nitrogen and oxygen atoms in total. The second-order valence-electron chi connectivity index (χ2n) is 3.66. The highest BCUT2D eigenvalue weighted by atomic mass is 79.9. The van der Waals surface area contributed by atoms with Crippen molar-refractivity contribution in [2.75, 3.05) is 6.54 Å². The molecule has 1 aliphatic heterocycles. The quantitative estimate of drug-likeness (QED) is 0.865. The van der Waals surface area contributed by atoms with Crippen molar-refractivity contribution in [3.63, 3.8) is 0 Å². The fourth-order valence-electron chi connectivity index (χ4n) is 2.00. The van der Waals surface area contributed by atoms with Gasteiger partial charge in [0.15, 0.2) is 0 Å². The van der Waals surface area contributed by atoms with Gasteiger partial charge in [-0.25, -0.2) is 0 Å². The summed E-state index contributed by atoms with van der Waals surface area (Å²) in [4.78, 5) is 10.7. The van der Waals surface area contributed by atoms with Crippen LogP contribution in [-0.4, -0.2) is 17.6 Å². The zero-order valence-corrected chi connectivity index (χ0v) is 9.75. The minimum absolute atomic E-state index is 0.0521. The molecule has 0 radical (unpaired) electrons. The number of carboxylic acid groups (broad SMARTS) is 1. The molecule has 1 heterocycles. The van der Waals surface area contributed by atoms with Crippen LogP contribution < -0.4 is 5.32 Å². The molecule has 0 saturated heterocycles. The highest BCUT2D eigenvalue weighted by Crippen LogP contribution is 2.30. The molecule has 0 aliphatic carbocycles. The predicted octanol–water partition coefficient (Wildman–Crippen LogP) is 2.11. The first-order valence-corrected chi connectivity index (χ1v) is 5.70. The number of halogens is 1. The first kappa shape index (κ1) is 10.6. The standard InChI is InChI=1S/C11H12BrNO2/c12-9-3-1-2-8-7(9)4-5-13-10(8)6-11(14)15/h1-3,10,13H,4-6H2,(H,14,15). The lowest BCUT2D eigenvalue weighted by atomic mass is 9.92. The van der Waals surface area contributed by atoms with E-state index in [0.29, 0.717) is 0 Å². The van der Waals surface area contributed by atoms with Gasteiger partial charge in [0.1, 0.15) is 0 Å². The molecule has 15 heavy (non-hydrogen) atoms. The van der Waals surface area contributed by atoms with Gasteiger partial charge in [-0.3, -0.25) is 4.79 Å². The molecule has 1 aliphatic rings. The Morgan fingerprint density at radius 2 is 2.40 bits per heavy atom. The maximum atomic E-state index is 10.7. The lowest BCUT2D eigenvalue weighted by Gasteiger charge is -2.26. The topological polar surface area (TPSA) is 49.3 Å². The summed E-state index contributed by atoms with van der Waals surface area (Å²) in [7, 11) is 0. The number of hydrogen-bond acceptors (Lipinski definition) is 2. The summed E-state index contributed by atoms with van der Waals surface area (Å²) >= 11 is 3.50. The molecule has 1 atom stereocenters. The molecule has 0 amide bonds. The Labute approximate surface area is 96.6 Å². The minimum Gasteiger partial charge on any atom is -0.481 e. The first-order valence-electron chi connectivity index (χ1n) is 4.91. The van der Waals surface area contributed by atoms with E-state index in [2.05, 4.69) is 21.2 Å². The SMILES string of the molecule is O=C(O)CC1NCCc2c(Br)cccc21. The number of hydrogen-bond donors (Lipinski definition) is 2. The summed E-state index contributed by atoms with van der Waals surface area (Å²) in [5.74, 6) is -0.764. The molecule has 1 aromatic rings. The highest BCUT2D eigenvalue weighted by molar-refractivity contribution is 9.10. The van der Waals surface area contributed by atoms with Crippen molar-refractivity contribution in [1.29, 1.82) is 0 Å². The Kier molecular flexibility index (Phi) is 3.07. The zero-order valence-electron chi connectivity index (χ0n) is 8.16. The molecule has 2 rings (SSSR count). The van der Waals surface area contributed by atoms with Gasteiger partial charge < -0.3 is 10.4 Å². The van der Waals surface area contributed by atoms with Crippen molar-refractivity contribution in [1.82, 2.24) is 5.32 Å². The van der Waals surface area contributed by atoms with Crippen LogP contribution in [0.3, 0.4) is 0 Å². The number of nitrogens with one attached hydrogen (secondary N) is 1. The van der Waals surface area contributed by atoms with E-state index in [9.17, 15) is 4.79 Å². The Morgan fingerprint density at radius 3 is 3.13 bits per heavy atom. The van der Waals surface area contributed by atoms with E-state index < -0.39 is 5.97 Å². The van der Waals surface area contributed by atoms with Crippen molar-refractivity contribution < 1.29 is 9.90 Å². The summed E-state index contributed by atoms with van der Waals surface area (Å²) in [6.45, 7) is 0.841. The van der Waals surface area contributed by atoms with Gasteiger partial charge in [0.25, 0.3) is 0 Å². The van der Waals surface area contributed by atoms with Crippen molar-refractivity contribution in [2.24, 2.45) is 0 Å². The molecule has 0 bridgehead atoms. The van der Waals surface area contributed by atoms with Gasteiger partial charge in [-0.2, -0.15) is 0 Å². The van der Waals surface area contributed by atoms with Crippen LogP contribution in [0.25, 0.3) is 0 Å². The van der Waals surface area contributed by atoms with Gasteiger partial charge in [0.2, 0.25) is 0 Å². The van der Waals surface area contributed by atoms with Crippen LogP contribution in [-0.2, 0) is 11.2 Å². The van der Waals surface area contributed by atoms with Crippen LogP contribution in [0.5, 0.6) is 0 Å². The van der Waals surface area contributed by atoms with Gasteiger partial charge in [0.05, 0.1) is 6.42 Å². The van der Waals surface area contributed by atoms with E-state index >= 15 is 0 Å². The van der Waals surface area contributed by atoms with Crippen molar-refractivity contribution in [3.8, 4) is 0 Å². The van der Waals surface area contributed by atoms with E-state index in [4.69, 9.17) is 5.11 Å². The van der Waals surface area contributed by atoms with E-state index in [1.807, 2.05) is 18.2 Å². The zero-order chi connectivity index (χ0) is 10.8. The van der Waals surface area contributed by atoms with Gasteiger partial charge >= 0.3 is 5.97 Å². The average Bonchev–Trinajstić information content (AvgIpc) is 2.19.